The number of benzene rings is 2. The van der Waals surface area contributed by atoms with E-state index in [2.05, 4.69) is 0 Å². The highest BCUT2D eigenvalue weighted by molar-refractivity contribution is 6.05. The fourth-order valence-electron chi connectivity index (χ4n) is 3.22. The summed E-state index contributed by atoms with van der Waals surface area (Å²) in [7, 11) is 0. The Balaban J connectivity index is 2.09. The van der Waals surface area contributed by atoms with Gasteiger partial charge in [0.25, 0.3) is 5.91 Å². The van der Waals surface area contributed by atoms with Crippen LogP contribution >= 0.6 is 0 Å². The second-order valence-electron chi connectivity index (χ2n) is 6.78. The Hall–Kier alpha value is -3.22. The van der Waals surface area contributed by atoms with Crippen LogP contribution in [0.5, 0.6) is 5.75 Å². The molecule has 152 valence electrons. The molecule has 2 aromatic carbocycles. The van der Waals surface area contributed by atoms with Gasteiger partial charge >= 0.3 is 5.97 Å². The number of halogens is 2. The molecule has 0 atom stereocenters. The lowest BCUT2D eigenvalue weighted by atomic mass is 10.1. The zero-order chi connectivity index (χ0) is 21.1. The van der Waals surface area contributed by atoms with Crippen LogP contribution in [0.1, 0.15) is 41.4 Å². The molecule has 1 aromatic heterocycles. The van der Waals surface area contributed by atoms with Gasteiger partial charge in [-0.2, -0.15) is 0 Å². The molecule has 0 aliphatic carbocycles. The second-order valence-corrected chi connectivity index (χ2v) is 6.78. The molecule has 1 heterocycles. The van der Waals surface area contributed by atoms with E-state index in [4.69, 9.17) is 4.74 Å². The van der Waals surface area contributed by atoms with Gasteiger partial charge in [0.15, 0.2) is 11.6 Å². The first kappa shape index (κ1) is 20.5. The monoisotopic (exact) mass is 401 g/mol. The topological polar surface area (TPSA) is 68.5 Å². The summed E-state index contributed by atoms with van der Waals surface area (Å²) in [5, 5.41) is 10.2. The van der Waals surface area contributed by atoms with E-state index in [9.17, 15) is 23.5 Å². The van der Waals surface area contributed by atoms with Gasteiger partial charge in [-0.15, -0.1) is 0 Å². The van der Waals surface area contributed by atoms with Gasteiger partial charge in [0.05, 0.1) is 18.5 Å². The fraction of sp³-hybridized carbons (Fsp3) is 0.273. The first-order chi connectivity index (χ1) is 13.8. The van der Waals surface area contributed by atoms with Crippen LogP contribution in [0.4, 0.5) is 8.78 Å². The number of hydrogen-bond donors (Lipinski definition) is 1. The molecular weight excluding hydrogens is 380 g/mol. The van der Waals surface area contributed by atoms with E-state index in [-0.39, 0.29) is 17.5 Å². The molecule has 29 heavy (non-hydrogen) atoms. The van der Waals surface area contributed by atoms with Crippen LogP contribution in [0.15, 0.2) is 36.4 Å². The van der Waals surface area contributed by atoms with E-state index < -0.39 is 29.3 Å². The number of phenolic OH excluding ortho intramolecular Hbond substituents is 1. The zero-order valence-electron chi connectivity index (χ0n) is 16.2. The van der Waals surface area contributed by atoms with Crippen molar-refractivity contribution < 1.29 is 28.2 Å². The van der Waals surface area contributed by atoms with Gasteiger partial charge in [0.1, 0.15) is 5.82 Å². The predicted molar refractivity (Wildman–Crippen MR) is 104 cm³/mol. The number of carbonyl (C=O) groups excluding carboxylic acids is 2. The number of esters is 1. The number of rotatable bonds is 6. The van der Waals surface area contributed by atoms with Crippen molar-refractivity contribution in [1.82, 2.24) is 4.57 Å². The normalized spacial score (nSPS) is 11.0. The number of aromatic hydroxyl groups is 1. The second kappa shape index (κ2) is 8.43. The lowest BCUT2D eigenvalue weighted by Crippen LogP contribution is -2.15. The largest absolute Gasteiger partial charge is 0.505 e. The van der Waals surface area contributed by atoms with Gasteiger partial charge in [0.2, 0.25) is 0 Å². The lowest BCUT2D eigenvalue weighted by Gasteiger charge is -2.08. The molecule has 7 heteroatoms. The van der Waals surface area contributed by atoms with Gasteiger partial charge in [-0.1, -0.05) is 13.3 Å². The van der Waals surface area contributed by atoms with Crippen molar-refractivity contribution in [2.75, 3.05) is 6.61 Å². The summed E-state index contributed by atoms with van der Waals surface area (Å²) in [6.07, 6.45) is 1.49. The minimum atomic E-state index is -0.889. The van der Waals surface area contributed by atoms with Crippen molar-refractivity contribution in [2.45, 2.75) is 33.1 Å². The number of fused-ring (bicyclic) bond motifs is 1. The highest BCUT2D eigenvalue weighted by atomic mass is 19.1. The van der Waals surface area contributed by atoms with Crippen molar-refractivity contribution in [3.05, 3.63) is 64.9 Å². The Morgan fingerprint density at radius 1 is 1.14 bits per heavy atom. The van der Waals surface area contributed by atoms with Crippen LogP contribution < -0.4 is 0 Å². The van der Waals surface area contributed by atoms with E-state index in [1.165, 1.54) is 22.8 Å². The molecule has 0 aliphatic heterocycles. The van der Waals surface area contributed by atoms with Crippen LogP contribution in [0.2, 0.25) is 0 Å². The Morgan fingerprint density at radius 2 is 1.83 bits per heavy atom. The molecule has 0 unspecified atom stereocenters. The highest BCUT2D eigenvalue weighted by Crippen LogP contribution is 2.32. The Kier molecular flexibility index (Phi) is 5.96. The molecule has 0 amide bonds. The minimum absolute atomic E-state index is 0.124. The van der Waals surface area contributed by atoms with Crippen LogP contribution in [0, 0.1) is 18.6 Å². The summed E-state index contributed by atoms with van der Waals surface area (Å²) in [6, 6.07) is 7.22. The first-order valence-corrected chi connectivity index (χ1v) is 9.31. The smallest absolute Gasteiger partial charge is 0.310 e. The maximum Gasteiger partial charge on any atom is 0.310 e. The van der Waals surface area contributed by atoms with Crippen molar-refractivity contribution in [1.29, 1.82) is 0 Å². The van der Waals surface area contributed by atoms with Crippen LogP contribution in [0.3, 0.4) is 0 Å². The molecule has 3 aromatic rings. The van der Waals surface area contributed by atoms with Crippen molar-refractivity contribution in [3.8, 4) is 5.75 Å². The zero-order valence-corrected chi connectivity index (χ0v) is 16.2. The third kappa shape index (κ3) is 4.13. The number of nitrogens with zero attached hydrogens (tertiary/aromatic N) is 1. The molecule has 0 aliphatic rings. The SMILES string of the molecule is CCCCOC(=O)Cc1c(C)n(C(=O)c2ccc(F)cc2)c2cc(F)c(O)cc12. The van der Waals surface area contributed by atoms with Crippen molar-refractivity contribution in [3.63, 3.8) is 0 Å². The van der Waals surface area contributed by atoms with Gasteiger partial charge in [0, 0.05) is 22.7 Å². The maximum atomic E-state index is 14.0. The molecule has 0 radical (unpaired) electrons. The summed E-state index contributed by atoms with van der Waals surface area (Å²) in [4.78, 5) is 25.3. The fourth-order valence-corrected chi connectivity index (χ4v) is 3.22. The van der Waals surface area contributed by atoms with Gasteiger partial charge in [-0.3, -0.25) is 14.2 Å². The summed E-state index contributed by atoms with van der Waals surface area (Å²) < 4.78 is 33.7. The predicted octanol–water partition coefficient (Wildman–Crippen LogP) is 4.51. The van der Waals surface area contributed by atoms with Crippen molar-refractivity contribution in [2.24, 2.45) is 0 Å². The standard InChI is InChI=1S/C22H21F2NO4/c1-3-4-9-29-21(27)11-16-13(2)25(19-12-18(24)20(26)10-17(16)19)22(28)14-5-7-15(23)8-6-14/h5-8,10,12,26H,3-4,9,11H2,1-2H3. The van der Waals surface area contributed by atoms with E-state index in [1.54, 1.807) is 6.92 Å². The van der Waals surface area contributed by atoms with Gasteiger partial charge in [-0.25, -0.2) is 8.78 Å². The molecule has 0 bridgehead atoms. The summed E-state index contributed by atoms with van der Waals surface area (Å²) in [5.41, 5.74) is 1.31. The van der Waals surface area contributed by atoms with Crippen LogP contribution in [0.25, 0.3) is 10.9 Å². The Bertz CT molecular complexity index is 1070. The average Bonchev–Trinajstić information content (AvgIpc) is 2.93. The quantitative estimate of drug-likeness (QED) is 0.488. The molecule has 0 spiro atoms. The minimum Gasteiger partial charge on any atom is -0.505 e. The number of unbranched alkanes of at least 4 members (excludes halogenated alkanes) is 1. The van der Waals surface area contributed by atoms with Crippen molar-refractivity contribution >= 4 is 22.8 Å². The van der Waals surface area contributed by atoms with Gasteiger partial charge < -0.3 is 9.84 Å². The summed E-state index contributed by atoms with van der Waals surface area (Å²) in [6.45, 7) is 3.90. The molecule has 5 nitrogen and oxygen atoms in total. The third-order valence-electron chi connectivity index (χ3n) is 4.78. The van der Waals surface area contributed by atoms with E-state index in [0.717, 1.165) is 31.0 Å². The molecule has 0 saturated heterocycles. The maximum absolute atomic E-state index is 14.0. The third-order valence-corrected chi connectivity index (χ3v) is 4.78. The number of aromatic nitrogens is 1. The number of hydrogen-bond acceptors (Lipinski definition) is 4. The average molecular weight is 401 g/mol. The summed E-state index contributed by atoms with van der Waals surface area (Å²) in [5.74, 6) is -2.92. The molecule has 1 N–H and O–H groups in total. The number of ether oxygens (including phenoxy) is 1. The van der Waals surface area contributed by atoms with E-state index in [0.29, 0.717) is 23.3 Å². The van der Waals surface area contributed by atoms with E-state index >= 15 is 0 Å². The lowest BCUT2D eigenvalue weighted by molar-refractivity contribution is -0.142. The molecule has 3 rings (SSSR count). The summed E-state index contributed by atoms with van der Waals surface area (Å²) >= 11 is 0. The van der Waals surface area contributed by atoms with Gasteiger partial charge in [-0.05, 0) is 49.2 Å². The highest BCUT2D eigenvalue weighted by Gasteiger charge is 2.23. The first-order valence-electron chi connectivity index (χ1n) is 9.31. The number of carbonyl (C=O) groups is 2. The van der Waals surface area contributed by atoms with Crippen LogP contribution in [-0.2, 0) is 16.0 Å². The Morgan fingerprint density at radius 3 is 2.48 bits per heavy atom. The van der Waals surface area contributed by atoms with Crippen LogP contribution in [-0.4, -0.2) is 28.2 Å². The molecule has 0 saturated carbocycles. The van der Waals surface area contributed by atoms with E-state index in [1.807, 2.05) is 6.92 Å². The number of phenols is 1. The molecule has 0 fully saturated rings. The Labute approximate surface area is 166 Å². The molecular formula is C22H21F2NO4.